The maximum Gasteiger partial charge on any atom is 0.238 e. The number of likely N-dealkylation sites (tertiary alicyclic amines) is 1. The third-order valence-corrected chi connectivity index (χ3v) is 5.27. The largest absolute Gasteiger partial charge is 0.347 e. The van der Waals surface area contributed by atoms with Crippen LogP contribution in [0.2, 0.25) is 0 Å². The van der Waals surface area contributed by atoms with Crippen molar-refractivity contribution in [2.45, 2.75) is 39.2 Å². The van der Waals surface area contributed by atoms with E-state index in [1.807, 2.05) is 18.7 Å². The van der Waals surface area contributed by atoms with Gasteiger partial charge in [-0.1, -0.05) is 18.2 Å². The van der Waals surface area contributed by atoms with Gasteiger partial charge in [0.25, 0.3) is 0 Å². The van der Waals surface area contributed by atoms with E-state index in [-0.39, 0.29) is 24.2 Å². The monoisotopic (exact) mass is 387 g/mol. The van der Waals surface area contributed by atoms with Crippen LogP contribution >= 0.6 is 0 Å². The Morgan fingerprint density at radius 3 is 2.50 bits per heavy atom. The van der Waals surface area contributed by atoms with Gasteiger partial charge in [-0.15, -0.1) is 0 Å². The zero-order valence-corrected chi connectivity index (χ0v) is 16.4. The van der Waals surface area contributed by atoms with Gasteiger partial charge < -0.3 is 10.6 Å². The number of piperidine rings is 1. The van der Waals surface area contributed by atoms with Gasteiger partial charge in [0.2, 0.25) is 11.8 Å². The fourth-order valence-corrected chi connectivity index (χ4v) is 3.86. The molecule has 0 bridgehead atoms. The van der Waals surface area contributed by atoms with Crippen molar-refractivity contribution in [3.05, 3.63) is 47.0 Å². The standard InChI is InChI=1S/C20H26FN5O2/c1-13-19(14(2)25-24-13)22-18(28)12-26-10-8-20(9-11-26,23-15(3)27)16-6-4-5-7-17(16)21/h4-7H,8-12H2,1-3H3,(H,22,28)(H,23,27)(H,24,25). The summed E-state index contributed by atoms with van der Waals surface area (Å²) < 4.78 is 14.4. The van der Waals surface area contributed by atoms with Gasteiger partial charge in [-0.2, -0.15) is 5.10 Å². The molecule has 3 N–H and O–H groups in total. The average molecular weight is 387 g/mol. The normalized spacial score (nSPS) is 16.6. The Morgan fingerprint density at radius 2 is 1.93 bits per heavy atom. The minimum atomic E-state index is -0.748. The first-order valence-electron chi connectivity index (χ1n) is 9.38. The fraction of sp³-hybridized carbons (Fsp3) is 0.450. The van der Waals surface area contributed by atoms with E-state index in [1.165, 1.54) is 13.0 Å². The van der Waals surface area contributed by atoms with Crippen molar-refractivity contribution in [1.29, 1.82) is 0 Å². The van der Waals surface area contributed by atoms with Gasteiger partial charge in [0.1, 0.15) is 5.82 Å². The Morgan fingerprint density at radius 1 is 1.25 bits per heavy atom. The number of hydrogen-bond donors (Lipinski definition) is 3. The maximum atomic E-state index is 14.4. The van der Waals surface area contributed by atoms with E-state index >= 15 is 0 Å². The molecular formula is C20H26FN5O2. The van der Waals surface area contributed by atoms with Crippen LogP contribution in [0.3, 0.4) is 0 Å². The number of benzene rings is 1. The van der Waals surface area contributed by atoms with E-state index in [9.17, 15) is 14.0 Å². The molecule has 28 heavy (non-hydrogen) atoms. The second kappa shape index (κ2) is 8.10. The van der Waals surface area contributed by atoms with Crippen LogP contribution in [0.5, 0.6) is 0 Å². The molecule has 2 aromatic rings. The number of nitrogens with zero attached hydrogens (tertiary/aromatic N) is 2. The predicted octanol–water partition coefficient (Wildman–Crippen LogP) is 2.23. The van der Waals surface area contributed by atoms with Gasteiger partial charge in [0.15, 0.2) is 0 Å². The molecule has 1 aliphatic rings. The summed E-state index contributed by atoms with van der Waals surface area (Å²) >= 11 is 0. The quantitative estimate of drug-likeness (QED) is 0.734. The molecule has 2 heterocycles. The SMILES string of the molecule is CC(=O)NC1(c2ccccc2F)CCN(CC(=O)Nc2c(C)n[nH]c2C)CC1. The van der Waals surface area contributed by atoms with Crippen LogP contribution < -0.4 is 10.6 Å². The van der Waals surface area contributed by atoms with Gasteiger partial charge >= 0.3 is 0 Å². The molecule has 1 aliphatic heterocycles. The fourth-order valence-electron chi connectivity index (χ4n) is 3.86. The number of carbonyl (C=O) groups excluding carboxylic acids is 2. The number of rotatable bonds is 5. The van der Waals surface area contributed by atoms with E-state index in [0.717, 1.165) is 11.4 Å². The summed E-state index contributed by atoms with van der Waals surface area (Å²) in [5.74, 6) is -0.640. The lowest BCUT2D eigenvalue weighted by atomic mass is 9.80. The summed E-state index contributed by atoms with van der Waals surface area (Å²) in [6.07, 6.45) is 1.06. The lowest BCUT2D eigenvalue weighted by molar-refractivity contribution is -0.122. The second-order valence-electron chi connectivity index (χ2n) is 7.38. The number of anilines is 1. The summed E-state index contributed by atoms with van der Waals surface area (Å²) in [6, 6.07) is 6.55. The Bertz CT molecular complexity index is 852. The summed E-state index contributed by atoms with van der Waals surface area (Å²) in [7, 11) is 0. The lowest BCUT2D eigenvalue weighted by Gasteiger charge is -2.42. The molecule has 0 unspecified atom stereocenters. The number of aryl methyl sites for hydroxylation is 2. The maximum absolute atomic E-state index is 14.4. The van der Waals surface area contributed by atoms with E-state index in [4.69, 9.17) is 0 Å². The number of H-pyrrole nitrogens is 1. The number of nitrogens with one attached hydrogen (secondary N) is 3. The van der Waals surface area contributed by atoms with E-state index < -0.39 is 5.54 Å². The molecule has 0 saturated carbocycles. The number of amides is 2. The summed E-state index contributed by atoms with van der Waals surface area (Å²) in [5, 5.41) is 12.8. The highest BCUT2D eigenvalue weighted by Gasteiger charge is 2.39. The first kappa shape index (κ1) is 20.0. The number of halogens is 1. The lowest BCUT2D eigenvalue weighted by Crippen LogP contribution is -2.53. The van der Waals surface area contributed by atoms with Crippen molar-refractivity contribution in [3.63, 3.8) is 0 Å². The van der Waals surface area contributed by atoms with Crippen molar-refractivity contribution < 1.29 is 14.0 Å². The van der Waals surface area contributed by atoms with Crippen LogP contribution in [-0.4, -0.2) is 46.5 Å². The van der Waals surface area contributed by atoms with Crippen molar-refractivity contribution in [2.24, 2.45) is 0 Å². The van der Waals surface area contributed by atoms with Gasteiger partial charge in [0.05, 0.1) is 29.2 Å². The predicted molar refractivity (Wildman–Crippen MR) is 104 cm³/mol. The topological polar surface area (TPSA) is 90.1 Å². The Balaban J connectivity index is 1.66. The Labute approximate surface area is 163 Å². The van der Waals surface area contributed by atoms with Crippen molar-refractivity contribution in [1.82, 2.24) is 20.4 Å². The van der Waals surface area contributed by atoms with Gasteiger partial charge in [0, 0.05) is 25.6 Å². The third-order valence-electron chi connectivity index (χ3n) is 5.27. The molecule has 150 valence electrons. The van der Waals surface area contributed by atoms with Crippen LogP contribution in [0, 0.1) is 19.7 Å². The Hall–Kier alpha value is -2.74. The van der Waals surface area contributed by atoms with E-state index in [1.54, 1.807) is 18.2 Å². The molecule has 1 fully saturated rings. The molecule has 0 aliphatic carbocycles. The third kappa shape index (κ3) is 4.22. The smallest absolute Gasteiger partial charge is 0.238 e. The van der Waals surface area contributed by atoms with Crippen LogP contribution in [0.1, 0.15) is 36.7 Å². The molecule has 1 aromatic carbocycles. The highest BCUT2D eigenvalue weighted by atomic mass is 19.1. The highest BCUT2D eigenvalue weighted by molar-refractivity contribution is 5.93. The van der Waals surface area contributed by atoms with Gasteiger partial charge in [-0.05, 0) is 32.8 Å². The van der Waals surface area contributed by atoms with Crippen molar-refractivity contribution in [3.8, 4) is 0 Å². The minimum absolute atomic E-state index is 0.120. The van der Waals surface area contributed by atoms with Crippen LogP contribution in [-0.2, 0) is 15.1 Å². The van der Waals surface area contributed by atoms with Gasteiger partial charge in [-0.25, -0.2) is 4.39 Å². The first-order chi connectivity index (χ1) is 13.3. The first-order valence-corrected chi connectivity index (χ1v) is 9.38. The molecule has 1 aromatic heterocycles. The highest BCUT2D eigenvalue weighted by Crippen LogP contribution is 2.34. The van der Waals surface area contributed by atoms with Gasteiger partial charge in [-0.3, -0.25) is 19.6 Å². The molecule has 0 radical (unpaired) electrons. The molecule has 0 atom stereocenters. The summed E-state index contributed by atoms with van der Waals surface area (Å²) in [6.45, 7) is 6.51. The van der Waals surface area contributed by atoms with Crippen LogP contribution in [0.4, 0.5) is 10.1 Å². The van der Waals surface area contributed by atoms with Crippen LogP contribution in [0.15, 0.2) is 24.3 Å². The molecule has 3 rings (SSSR count). The Kier molecular flexibility index (Phi) is 5.79. The number of aromatic nitrogens is 2. The molecule has 1 saturated heterocycles. The number of hydrogen-bond acceptors (Lipinski definition) is 4. The molecular weight excluding hydrogens is 361 g/mol. The van der Waals surface area contributed by atoms with E-state index in [0.29, 0.717) is 37.2 Å². The van der Waals surface area contributed by atoms with Crippen LogP contribution in [0.25, 0.3) is 0 Å². The molecule has 7 nitrogen and oxygen atoms in total. The van der Waals surface area contributed by atoms with Crippen molar-refractivity contribution >= 4 is 17.5 Å². The summed E-state index contributed by atoms with van der Waals surface area (Å²) in [4.78, 5) is 26.2. The number of aromatic amines is 1. The van der Waals surface area contributed by atoms with E-state index in [2.05, 4.69) is 20.8 Å². The molecule has 2 amide bonds. The van der Waals surface area contributed by atoms with Crippen molar-refractivity contribution in [2.75, 3.05) is 25.0 Å². The zero-order chi connectivity index (χ0) is 20.3. The molecule has 0 spiro atoms. The minimum Gasteiger partial charge on any atom is -0.347 e. The second-order valence-corrected chi connectivity index (χ2v) is 7.38. The molecule has 8 heteroatoms. The average Bonchev–Trinajstić information content (AvgIpc) is 2.95. The number of carbonyl (C=O) groups is 2. The summed E-state index contributed by atoms with van der Waals surface area (Å²) in [5.41, 5.74) is 2.02. The zero-order valence-electron chi connectivity index (χ0n) is 16.4.